The standard InChI is InChI=1S/C17H19ClFNO/c1-11(2)20-10-13-8-12(4-6-16(13)18)15-9-14(19)5-7-17(15)21-3/h4-9,11,20H,10H2,1-3H3. The lowest BCUT2D eigenvalue weighted by Gasteiger charge is -2.13. The van der Waals surface area contributed by atoms with Crippen molar-refractivity contribution < 1.29 is 9.13 Å². The zero-order valence-corrected chi connectivity index (χ0v) is 13.2. The molecule has 0 aliphatic carbocycles. The van der Waals surface area contributed by atoms with E-state index >= 15 is 0 Å². The molecule has 0 atom stereocenters. The van der Waals surface area contributed by atoms with Crippen molar-refractivity contribution in [2.24, 2.45) is 0 Å². The molecule has 4 heteroatoms. The first-order chi connectivity index (χ1) is 10.0. The van der Waals surface area contributed by atoms with Crippen LogP contribution in [0.3, 0.4) is 0 Å². The van der Waals surface area contributed by atoms with Crippen molar-refractivity contribution in [3.8, 4) is 16.9 Å². The summed E-state index contributed by atoms with van der Waals surface area (Å²) in [6, 6.07) is 10.5. The van der Waals surface area contributed by atoms with Crippen LogP contribution >= 0.6 is 11.6 Å². The van der Waals surface area contributed by atoms with E-state index in [1.807, 2.05) is 18.2 Å². The zero-order valence-electron chi connectivity index (χ0n) is 12.4. The highest BCUT2D eigenvalue weighted by atomic mass is 35.5. The van der Waals surface area contributed by atoms with Crippen molar-refractivity contribution >= 4 is 11.6 Å². The maximum absolute atomic E-state index is 13.5. The molecule has 21 heavy (non-hydrogen) atoms. The maximum atomic E-state index is 13.5. The van der Waals surface area contributed by atoms with Gasteiger partial charge in [-0.3, -0.25) is 0 Å². The number of hydrogen-bond donors (Lipinski definition) is 1. The van der Waals surface area contributed by atoms with Gasteiger partial charge >= 0.3 is 0 Å². The van der Waals surface area contributed by atoms with Crippen LogP contribution in [0.4, 0.5) is 4.39 Å². The molecule has 0 unspecified atom stereocenters. The lowest BCUT2D eigenvalue weighted by Crippen LogP contribution is -2.22. The first kappa shape index (κ1) is 15.8. The van der Waals surface area contributed by atoms with Crippen molar-refractivity contribution in [1.29, 1.82) is 0 Å². The summed E-state index contributed by atoms with van der Waals surface area (Å²) in [5, 5.41) is 4.03. The van der Waals surface area contributed by atoms with Gasteiger partial charge in [0.15, 0.2) is 0 Å². The molecule has 0 bridgehead atoms. The van der Waals surface area contributed by atoms with Crippen molar-refractivity contribution in [3.05, 3.63) is 52.8 Å². The van der Waals surface area contributed by atoms with Gasteiger partial charge in [0.2, 0.25) is 0 Å². The second-order valence-corrected chi connectivity index (χ2v) is 5.59. The predicted octanol–water partition coefficient (Wildman–Crippen LogP) is 4.65. The number of halogens is 2. The van der Waals surface area contributed by atoms with Crippen LogP contribution < -0.4 is 10.1 Å². The minimum absolute atomic E-state index is 0.289. The Morgan fingerprint density at radius 3 is 2.62 bits per heavy atom. The molecule has 2 aromatic carbocycles. The molecule has 0 saturated heterocycles. The normalized spacial score (nSPS) is 11.0. The molecule has 0 heterocycles. The van der Waals surface area contributed by atoms with Gasteiger partial charge in [0.1, 0.15) is 11.6 Å². The van der Waals surface area contributed by atoms with Gasteiger partial charge in [-0.2, -0.15) is 0 Å². The van der Waals surface area contributed by atoms with Gasteiger partial charge in [0.05, 0.1) is 7.11 Å². The molecule has 112 valence electrons. The molecule has 1 N–H and O–H groups in total. The van der Waals surface area contributed by atoms with Gasteiger partial charge < -0.3 is 10.1 Å². The molecule has 0 amide bonds. The molecule has 0 spiro atoms. The van der Waals surface area contributed by atoms with E-state index in [0.29, 0.717) is 23.4 Å². The van der Waals surface area contributed by atoms with Crippen LogP contribution in [0.1, 0.15) is 19.4 Å². The van der Waals surface area contributed by atoms with E-state index in [1.54, 1.807) is 13.2 Å². The summed E-state index contributed by atoms with van der Waals surface area (Å²) in [6.07, 6.45) is 0. The Balaban J connectivity index is 2.40. The number of methoxy groups -OCH3 is 1. The van der Waals surface area contributed by atoms with Gasteiger partial charge in [0, 0.05) is 23.2 Å². The molecular formula is C17H19ClFNO. The summed E-state index contributed by atoms with van der Waals surface area (Å²) in [7, 11) is 1.58. The van der Waals surface area contributed by atoms with Crippen molar-refractivity contribution in [2.45, 2.75) is 26.4 Å². The molecule has 2 nitrogen and oxygen atoms in total. The van der Waals surface area contributed by atoms with E-state index in [4.69, 9.17) is 16.3 Å². The predicted molar refractivity (Wildman–Crippen MR) is 85.4 cm³/mol. The number of nitrogens with one attached hydrogen (secondary N) is 1. The number of rotatable bonds is 5. The first-order valence-electron chi connectivity index (χ1n) is 6.87. The van der Waals surface area contributed by atoms with Crippen LogP contribution in [0.2, 0.25) is 5.02 Å². The molecular weight excluding hydrogens is 289 g/mol. The minimum Gasteiger partial charge on any atom is -0.496 e. The summed E-state index contributed by atoms with van der Waals surface area (Å²) in [5.74, 6) is 0.351. The number of benzene rings is 2. The van der Waals surface area contributed by atoms with E-state index < -0.39 is 0 Å². The quantitative estimate of drug-likeness (QED) is 0.868. The van der Waals surface area contributed by atoms with Gasteiger partial charge in [-0.25, -0.2) is 4.39 Å². The monoisotopic (exact) mass is 307 g/mol. The molecule has 2 rings (SSSR count). The third-order valence-electron chi connectivity index (χ3n) is 3.22. The van der Waals surface area contributed by atoms with Gasteiger partial charge in [-0.05, 0) is 41.5 Å². The van der Waals surface area contributed by atoms with Crippen LogP contribution in [0.25, 0.3) is 11.1 Å². The average Bonchev–Trinajstić information content (AvgIpc) is 2.46. The zero-order chi connectivity index (χ0) is 15.4. The topological polar surface area (TPSA) is 21.3 Å². The Hall–Kier alpha value is -1.58. The van der Waals surface area contributed by atoms with Crippen LogP contribution in [0, 0.1) is 5.82 Å². The van der Waals surface area contributed by atoms with Gasteiger partial charge in [-0.1, -0.05) is 31.5 Å². The van der Waals surface area contributed by atoms with E-state index in [9.17, 15) is 4.39 Å². The summed E-state index contributed by atoms with van der Waals surface area (Å²) in [4.78, 5) is 0. The van der Waals surface area contributed by atoms with Crippen LogP contribution in [0.5, 0.6) is 5.75 Å². The van der Waals surface area contributed by atoms with E-state index in [1.165, 1.54) is 12.1 Å². The maximum Gasteiger partial charge on any atom is 0.126 e. The molecule has 2 aromatic rings. The third kappa shape index (κ3) is 3.96. The fraction of sp³-hybridized carbons (Fsp3) is 0.294. The van der Waals surface area contributed by atoms with Crippen LogP contribution in [-0.4, -0.2) is 13.2 Å². The lowest BCUT2D eigenvalue weighted by atomic mass is 10.0. The molecule has 0 radical (unpaired) electrons. The Labute approximate surface area is 129 Å². The Bertz CT molecular complexity index is 628. The van der Waals surface area contributed by atoms with Crippen LogP contribution in [0.15, 0.2) is 36.4 Å². The molecule has 0 aliphatic rings. The van der Waals surface area contributed by atoms with E-state index in [2.05, 4.69) is 19.2 Å². The fourth-order valence-corrected chi connectivity index (χ4v) is 2.28. The third-order valence-corrected chi connectivity index (χ3v) is 3.59. The Morgan fingerprint density at radius 2 is 1.95 bits per heavy atom. The largest absolute Gasteiger partial charge is 0.496 e. The highest BCUT2D eigenvalue weighted by Crippen LogP contribution is 2.32. The van der Waals surface area contributed by atoms with Crippen molar-refractivity contribution in [1.82, 2.24) is 5.32 Å². The van der Waals surface area contributed by atoms with E-state index in [0.717, 1.165) is 16.7 Å². The lowest BCUT2D eigenvalue weighted by molar-refractivity contribution is 0.415. The highest BCUT2D eigenvalue weighted by Gasteiger charge is 2.10. The van der Waals surface area contributed by atoms with Crippen LogP contribution in [-0.2, 0) is 6.54 Å². The summed E-state index contributed by atoms with van der Waals surface area (Å²) in [5.41, 5.74) is 2.59. The second kappa shape index (κ2) is 6.92. The SMILES string of the molecule is COc1ccc(F)cc1-c1ccc(Cl)c(CNC(C)C)c1. The minimum atomic E-state index is -0.289. The Kier molecular flexibility index (Phi) is 5.21. The molecule has 0 aromatic heterocycles. The van der Waals surface area contributed by atoms with Crippen molar-refractivity contribution in [3.63, 3.8) is 0 Å². The van der Waals surface area contributed by atoms with Gasteiger partial charge in [-0.15, -0.1) is 0 Å². The summed E-state index contributed by atoms with van der Waals surface area (Å²) in [6.45, 7) is 4.82. The summed E-state index contributed by atoms with van der Waals surface area (Å²) < 4.78 is 18.8. The molecule has 0 aliphatic heterocycles. The highest BCUT2D eigenvalue weighted by molar-refractivity contribution is 6.31. The van der Waals surface area contributed by atoms with Crippen molar-refractivity contribution in [2.75, 3.05) is 7.11 Å². The first-order valence-corrected chi connectivity index (χ1v) is 7.24. The second-order valence-electron chi connectivity index (χ2n) is 5.19. The van der Waals surface area contributed by atoms with E-state index in [-0.39, 0.29) is 5.82 Å². The molecule has 0 fully saturated rings. The number of ether oxygens (including phenoxy) is 1. The number of hydrogen-bond acceptors (Lipinski definition) is 2. The molecule has 0 saturated carbocycles. The summed E-state index contributed by atoms with van der Waals surface area (Å²) >= 11 is 6.23. The van der Waals surface area contributed by atoms with Gasteiger partial charge in [0.25, 0.3) is 0 Å². The Morgan fingerprint density at radius 1 is 1.19 bits per heavy atom. The smallest absolute Gasteiger partial charge is 0.126 e. The fourth-order valence-electron chi connectivity index (χ4n) is 2.10. The average molecular weight is 308 g/mol.